The average Bonchev–Trinajstić information content (AvgIpc) is 2.64. The van der Waals surface area contributed by atoms with Crippen molar-refractivity contribution in [3.8, 4) is 11.4 Å². The van der Waals surface area contributed by atoms with E-state index in [2.05, 4.69) is 83.2 Å². The fraction of sp³-hybridized carbons (Fsp3) is 0.385. The van der Waals surface area contributed by atoms with Crippen LogP contribution in [-0.2, 0) is 5.54 Å². The third-order valence-corrected chi connectivity index (χ3v) is 4.48. The zero-order valence-electron chi connectivity index (χ0n) is 10.9. The van der Waals surface area contributed by atoms with Gasteiger partial charge in [-0.2, -0.15) is 5.10 Å². The molecule has 0 spiro atoms. The zero-order chi connectivity index (χ0) is 13.5. The average molecular weight is 373 g/mol. The largest absolute Gasteiger partial charge is 0.295 e. The number of aromatic amines is 1. The molecule has 0 aliphatic carbocycles. The second-order valence-electron chi connectivity index (χ2n) is 5.30. The number of nitrogens with one attached hydrogen (secondary N) is 1. The minimum absolute atomic E-state index is 0.0910. The summed E-state index contributed by atoms with van der Waals surface area (Å²) in [5, 5.41) is 7.30. The molecule has 0 saturated heterocycles. The molecular formula is C13H16IN3S. The summed E-state index contributed by atoms with van der Waals surface area (Å²) in [6.45, 7) is 8.49. The third-order valence-electron chi connectivity index (χ3n) is 2.78. The zero-order valence-corrected chi connectivity index (χ0v) is 13.9. The molecule has 18 heavy (non-hydrogen) atoms. The summed E-state index contributed by atoms with van der Waals surface area (Å²) in [4.78, 5) is 0. The molecule has 2 rings (SSSR count). The number of nitrogens with zero attached hydrogens (tertiary/aromatic N) is 2. The Morgan fingerprint density at radius 1 is 1.33 bits per heavy atom. The Balaban J connectivity index is 2.74. The van der Waals surface area contributed by atoms with Crippen molar-refractivity contribution in [2.75, 3.05) is 0 Å². The molecule has 1 heterocycles. The molecule has 0 aliphatic heterocycles. The van der Waals surface area contributed by atoms with E-state index in [4.69, 9.17) is 12.2 Å². The molecule has 1 aromatic carbocycles. The van der Waals surface area contributed by atoms with Gasteiger partial charge in [0.2, 0.25) is 0 Å². The van der Waals surface area contributed by atoms with Crippen LogP contribution in [0.5, 0.6) is 0 Å². The minimum Gasteiger partial charge on any atom is -0.295 e. The van der Waals surface area contributed by atoms with E-state index in [9.17, 15) is 0 Å². The monoisotopic (exact) mass is 373 g/mol. The summed E-state index contributed by atoms with van der Waals surface area (Å²) in [6, 6.07) is 6.24. The van der Waals surface area contributed by atoms with Gasteiger partial charge in [-0.3, -0.25) is 9.67 Å². The predicted octanol–water partition coefficient (Wildman–Crippen LogP) is 4.28. The highest BCUT2D eigenvalue weighted by atomic mass is 127. The quantitative estimate of drug-likeness (QED) is 0.598. The van der Waals surface area contributed by atoms with E-state index in [0.29, 0.717) is 4.77 Å². The van der Waals surface area contributed by atoms with E-state index in [1.54, 1.807) is 0 Å². The SMILES string of the molecule is Cc1cccc(-c2n[nH]c(=S)n2C(C)(C)C)c1I. The van der Waals surface area contributed by atoms with Crippen molar-refractivity contribution < 1.29 is 0 Å². The summed E-state index contributed by atoms with van der Waals surface area (Å²) >= 11 is 7.70. The summed E-state index contributed by atoms with van der Waals surface area (Å²) in [5.41, 5.74) is 2.28. The van der Waals surface area contributed by atoms with Crippen LogP contribution in [0.4, 0.5) is 0 Å². The highest BCUT2D eigenvalue weighted by Gasteiger charge is 2.21. The molecule has 0 atom stereocenters. The van der Waals surface area contributed by atoms with Gasteiger partial charge in [0.05, 0.1) is 0 Å². The molecule has 5 heteroatoms. The van der Waals surface area contributed by atoms with Gasteiger partial charge in [0.25, 0.3) is 0 Å². The summed E-state index contributed by atoms with van der Waals surface area (Å²) in [6.07, 6.45) is 0. The topological polar surface area (TPSA) is 33.6 Å². The number of hydrogen-bond acceptors (Lipinski definition) is 2. The Morgan fingerprint density at radius 2 is 2.00 bits per heavy atom. The molecule has 3 nitrogen and oxygen atoms in total. The van der Waals surface area contributed by atoms with Gasteiger partial charge in [-0.15, -0.1) is 0 Å². The lowest BCUT2D eigenvalue weighted by atomic mass is 10.1. The summed E-state index contributed by atoms with van der Waals surface area (Å²) in [5.74, 6) is 0.903. The number of aromatic nitrogens is 3. The Morgan fingerprint density at radius 3 is 2.61 bits per heavy atom. The Labute approximate surface area is 126 Å². The molecule has 1 N–H and O–H groups in total. The van der Waals surface area contributed by atoms with E-state index < -0.39 is 0 Å². The number of halogens is 1. The van der Waals surface area contributed by atoms with Gasteiger partial charge in [-0.25, -0.2) is 0 Å². The van der Waals surface area contributed by atoms with Gasteiger partial charge < -0.3 is 0 Å². The first-order valence-electron chi connectivity index (χ1n) is 5.76. The van der Waals surface area contributed by atoms with Gasteiger partial charge in [0.1, 0.15) is 0 Å². The van der Waals surface area contributed by atoms with E-state index in [-0.39, 0.29) is 5.54 Å². The molecule has 0 amide bonds. The first kappa shape index (κ1) is 13.7. The van der Waals surface area contributed by atoms with Crippen LogP contribution in [0.3, 0.4) is 0 Å². The van der Waals surface area contributed by atoms with Crippen molar-refractivity contribution >= 4 is 34.8 Å². The minimum atomic E-state index is -0.0910. The molecule has 2 aromatic rings. The molecule has 96 valence electrons. The maximum Gasteiger partial charge on any atom is 0.195 e. The van der Waals surface area contributed by atoms with Crippen molar-refractivity contribution in [1.29, 1.82) is 0 Å². The molecule has 0 aliphatic rings. The molecule has 0 unspecified atom stereocenters. The van der Waals surface area contributed by atoms with Crippen LogP contribution in [-0.4, -0.2) is 14.8 Å². The highest BCUT2D eigenvalue weighted by Crippen LogP contribution is 2.29. The van der Waals surface area contributed by atoms with E-state index >= 15 is 0 Å². The number of rotatable bonds is 1. The first-order chi connectivity index (χ1) is 8.32. The summed E-state index contributed by atoms with van der Waals surface area (Å²) in [7, 11) is 0. The Kier molecular flexibility index (Phi) is 3.64. The van der Waals surface area contributed by atoms with Crippen molar-refractivity contribution in [3.05, 3.63) is 32.1 Å². The van der Waals surface area contributed by atoms with E-state index in [1.807, 2.05) is 0 Å². The summed E-state index contributed by atoms with van der Waals surface area (Å²) < 4.78 is 3.95. The lowest BCUT2D eigenvalue weighted by Gasteiger charge is -2.23. The second kappa shape index (κ2) is 4.77. The predicted molar refractivity (Wildman–Crippen MR) is 85.3 cm³/mol. The van der Waals surface area contributed by atoms with Crippen LogP contribution in [0.25, 0.3) is 11.4 Å². The molecule has 0 saturated carbocycles. The standard InChI is InChI=1S/C13H16IN3S/c1-8-6-5-7-9(10(8)14)11-15-16-12(18)17(11)13(2,3)4/h5-7H,1-4H3,(H,16,18). The maximum atomic E-state index is 5.34. The van der Waals surface area contributed by atoms with Gasteiger partial charge in [0, 0.05) is 14.7 Å². The lowest BCUT2D eigenvalue weighted by molar-refractivity contribution is 0.395. The molecule has 0 bridgehead atoms. The van der Waals surface area contributed by atoms with Crippen molar-refractivity contribution in [2.45, 2.75) is 33.2 Å². The smallest absolute Gasteiger partial charge is 0.195 e. The fourth-order valence-electron chi connectivity index (χ4n) is 1.92. The van der Waals surface area contributed by atoms with Crippen LogP contribution < -0.4 is 0 Å². The van der Waals surface area contributed by atoms with Crippen molar-refractivity contribution in [2.24, 2.45) is 0 Å². The number of aryl methyl sites for hydroxylation is 1. The molecule has 1 aromatic heterocycles. The molecule has 0 radical (unpaired) electrons. The van der Waals surface area contributed by atoms with E-state index in [0.717, 1.165) is 11.4 Å². The van der Waals surface area contributed by atoms with Gasteiger partial charge in [-0.1, -0.05) is 18.2 Å². The van der Waals surface area contributed by atoms with Gasteiger partial charge in [0.15, 0.2) is 10.6 Å². The van der Waals surface area contributed by atoms with Gasteiger partial charge in [-0.05, 0) is 68.1 Å². The number of H-pyrrole nitrogens is 1. The number of benzene rings is 1. The van der Waals surface area contributed by atoms with Crippen molar-refractivity contribution in [1.82, 2.24) is 14.8 Å². The van der Waals surface area contributed by atoms with E-state index in [1.165, 1.54) is 9.13 Å². The maximum absolute atomic E-state index is 5.34. The Hall–Kier alpha value is -0.690. The van der Waals surface area contributed by atoms with Crippen LogP contribution in [0.15, 0.2) is 18.2 Å². The fourth-order valence-corrected chi connectivity index (χ4v) is 2.93. The van der Waals surface area contributed by atoms with Crippen LogP contribution in [0.2, 0.25) is 0 Å². The van der Waals surface area contributed by atoms with Crippen molar-refractivity contribution in [3.63, 3.8) is 0 Å². The van der Waals surface area contributed by atoms with Crippen LogP contribution >= 0.6 is 34.8 Å². The van der Waals surface area contributed by atoms with Crippen LogP contribution in [0.1, 0.15) is 26.3 Å². The first-order valence-corrected chi connectivity index (χ1v) is 7.24. The third kappa shape index (κ3) is 2.38. The highest BCUT2D eigenvalue weighted by molar-refractivity contribution is 14.1. The Bertz CT molecular complexity index is 634. The van der Waals surface area contributed by atoms with Gasteiger partial charge >= 0.3 is 0 Å². The van der Waals surface area contributed by atoms with Crippen LogP contribution in [0, 0.1) is 15.3 Å². The normalized spacial score (nSPS) is 11.8. The molecule has 0 fully saturated rings. The lowest BCUT2D eigenvalue weighted by Crippen LogP contribution is -2.23. The molecular weight excluding hydrogens is 357 g/mol. The second-order valence-corrected chi connectivity index (χ2v) is 6.76. The number of hydrogen-bond donors (Lipinski definition) is 1.